The number of methoxy groups -OCH3 is 1. The van der Waals surface area contributed by atoms with E-state index < -0.39 is 10.0 Å². The summed E-state index contributed by atoms with van der Waals surface area (Å²) in [5.41, 5.74) is 0.527. The molecule has 2 heterocycles. The summed E-state index contributed by atoms with van der Waals surface area (Å²) in [6, 6.07) is 7.88. The molecule has 0 aliphatic heterocycles. The van der Waals surface area contributed by atoms with Crippen LogP contribution in [0.3, 0.4) is 0 Å². The van der Waals surface area contributed by atoms with Crippen LogP contribution in [0.5, 0.6) is 5.88 Å². The zero-order valence-electron chi connectivity index (χ0n) is 11.1. The first-order valence-corrected chi connectivity index (χ1v) is 7.39. The van der Waals surface area contributed by atoms with Gasteiger partial charge in [-0.15, -0.1) is 0 Å². The number of ether oxygens (including phenoxy) is 1. The molecule has 1 N–H and O–H groups in total. The summed E-state index contributed by atoms with van der Waals surface area (Å²) in [5.74, 6) is 0.445. The van der Waals surface area contributed by atoms with Crippen molar-refractivity contribution in [2.75, 3.05) is 7.11 Å². The zero-order chi connectivity index (χ0) is 15.3. The van der Waals surface area contributed by atoms with Crippen LogP contribution >= 0.6 is 0 Å². The average molecular weight is 304 g/mol. The molecule has 21 heavy (non-hydrogen) atoms. The first-order chi connectivity index (χ1) is 10.1. The second-order valence-electron chi connectivity index (χ2n) is 4.00. The Morgan fingerprint density at radius 3 is 2.76 bits per heavy atom. The van der Waals surface area contributed by atoms with E-state index in [1.54, 1.807) is 18.2 Å². The molecule has 0 bridgehead atoms. The van der Waals surface area contributed by atoms with Crippen molar-refractivity contribution in [1.29, 1.82) is 5.26 Å². The van der Waals surface area contributed by atoms with Gasteiger partial charge in [0, 0.05) is 25.0 Å². The highest BCUT2D eigenvalue weighted by Gasteiger charge is 2.18. The van der Waals surface area contributed by atoms with Crippen molar-refractivity contribution in [3.63, 3.8) is 0 Å². The van der Waals surface area contributed by atoms with Gasteiger partial charge >= 0.3 is 0 Å². The molecular formula is C13H12N4O3S. The molecule has 0 spiro atoms. The highest BCUT2D eigenvalue weighted by Crippen LogP contribution is 2.13. The minimum Gasteiger partial charge on any atom is -0.481 e. The number of hydrogen-bond acceptors (Lipinski definition) is 6. The van der Waals surface area contributed by atoms with Crippen molar-refractivity contribution >= 4 is 10.0 Å². The van der Waals surface area contributed by atoms with Crippen LogP contribution in [0.2, 0.25) is 0 Å². The van der Waals surface area contributed by atoms with E-state index in [4.69, 9.17) is 10.00 Å². The van der Waals surface area contributed by atoms with Crippen LogP contribution in [0.4, 0.5) is 0 Å². The van der Waals surface area contributed by atoms with Gasteiger partial charge in [0.1, 0.15) is 11.0 Å². The maximum atomic E-state index is 12.2. The van der Waals surface area contributed by atoms with E-state index in [0.717, 1.165) is 0 Å². The lowest BCUT2D eigenvalue weighted by Gasteiger charge is -2.07. The Morgan fingerprint density at radius 2 is 2.14 bits per heavy atom. The molecular weight excluding hydrogens is 292 g/mol. The Hall–Kier alpha value is -2.50. The molecule has 8 heteroatoms. The third-order valence-electron chi connectivity index (χ3n) is 2.64. The Labute approximate surface area is 122 Å². The molecule has 0 aliphatic carbocycles. The van der Waals surface area contributed by atoms with Gasteiger partial charge in [0.15, 0.2) is 5.69 Å². The monoisotopic (exact) mass is 304 g/mol. The van der Waals surface area contributed by atoms with Crippen LogP contribution < -0.4 is 9.46 Å². The molecule has 0 amide bonds. The molecule has 0 unspecified atom stereocenters. The Balaban J connectivity index is 2.16. The molecule has 0 saturated carbocycles. The van der Waals surface area contributed by atoms with E-state index in [1.807, 2.05) is 0 Å². The number of sulfonamides is 1. The van der Waals surface area contributed by atoms with Crippen molar-refractivity contribution in [3.05, 3.63) is 47.9 Å². The maximum absolute atomic E-state index is 12.2. The molecule has 0 saturated heterocycles. The summed E-state index contributed by atoms with van der Waals surface area (Å²) in [4.78, 5) is 7.57. The van der Waals surface area contributed by atoms with E-state index in [9.17, 15) is 8.42 Å². The smallest absolute Gasteiger partial charge is 0.243 e. The fraction of sp³-hybridized carbons (Fsp3) is 0.154. The number of aromatic nitrogens is 2. The van der Waals surface area contributed by atoms with Gasteiger partial charge in [-0.2, -0.15) is 5.26 Å². The maximum Gasteiger partial charge on any atom is 0.243 e. The van der Waals surface area contributed by atoms with Gasteiger partial charge in [-0.05, 0) is 17.7 Å². The van der Waals surface area contributed by atoms with E-state index in [2.05, 4.69) is 14.7 Å². The minimum atomic E-state index is -3.81. The van der Waals surface area contributed by atoms with Gasteiger partial charge in [0.05, 0.1) is 7.11 Å². The zero-order valence-corrected chi connectivity index (χ0v) is 12.0. The summed E-state index contributed by atoms with van der Waals surface area (Å²) in [6.45, 7) is 0.0547. The topological polar surface area (TPSA) is 105 Å². The molecule has 0 aromatic carbocycles. The molecule has 0 fully saturated rings. The fourth-order valence-electron chi connectivity index (χ4n) is 1.58. The SMILES string of the molecule is COc1ccc(CNS(=O)(=O)c2cccnc2C#N)cn1. The van der Waals surface area contributed by atoms with Crippen LogP contribution in [-0.4, -0.2) is 25.5 Å². The lowest BCUT2D eigenvalue weighted by molar-refractivity contribution is 0.397. The van der Waals surface area contributed by atoms with E-state index in [-0.39, 0.29) is 17.1 Å². The van der Waals surface area contributed by atoms with Crippen molar-refractivity contribution in [2.45, 2.75) is 11.4 Å². The highest BCUT2D eigenvalue weighted by atomic mass is 32.2. The predicted octanol–water partition coefficient (Wildman–Crippen LogP) is 0.835. The van der Waals surface area contributed by atoms with Crippen molar-refractivity contribution in [3.8, 4) is 11.9 Å². The largest absolute Gasteiger partial charge is 0.481 e. The molecule has 2 rings (SSSR count). The Morgan fingerprint density at radius 1 is 1.33 bits per heavy atom. The van der Waals surface area contributed by atoms with Gasteiger partial charge in [0.25, 0.3) is 0 Å². The summed E-state index contributed by atoms with van der Waals surface area (Å²) >= 11 is 0. The molecule has 0 atom stereocenters. The fourth-order valence-corrected chi connectivity index (χ4v) is 2.71. The molecule has 2 aromatic heterocycles. The third-order valence-corrected chi connectivity index (χ3v) is 4.07. The molecule has 108 valence electrons. The second kappa shape index (κ2) is 6.30. The van der Waals surface area contributed by atoms with Crippen molar-refractivity contribution < 1.29 is 13.2 Å². The quantitative estimate of drug-likeness (QED) is 0.877. The number of pyridine rings is 2. The van der Waals surface area contributed by atoms with Crippen LogP contribution in [0.1, 0.15) is 11.3 Å². The molecule has 2 aromatic rings. The van der Waals surface area contributed by atoms with E-state index in [0.29, 0.717) is 11.4 Å². The van der Waals surface area contributed by atoms with Gasteiger partial charge < -0.3 is 4.74 Å². The minimum absolute atomic E-state index is 0.0547. The standard InChI is InChI=1S/C13H12N4O3S/c1-20-13-5-4-10(8-16-13)9-17-21(18,19)12-3-2-6-15-11(12)7-14/h2-6,8,17H,9H2,1H3. The first-order valence-electron chi connectivity index (χ1n) is 5.90. The summed E-state index contributed by atoms with van der Waals surface area (Å²) in [5, 5.41) is 8.90. The number of rotatable bonds is 5. The van der Waals surface area contributed by atoms with Crippen molar-refractivity contribution in [1.82, 2.24) is 14.7 Å². The predicted molar refractivity (Wildman–Crippen MR) is 73.8 cm³/mol. The van der Waals surface area contributed by atoms with Gasteiger partial charge in [-0.25, -0.2) is 23.1 Å². The third kappa shape index (κ3) is 3.53. The lowest BCUT2D eigenvalue weighted by atomic mass is 10.3. The molecule has 0 radical (unpaired) electrons. The van der Waals surface area contributed by atoms with E-state index >= 15 is 0 Å². The summed E-state index contributed by atoms with van der Waals surface area (Å²) < 4.78 is 31.6. The molecule has 7 nitrogen and oxygen atoms in total. The average Bonchev–Trinajstić information content (AvgIpc) is 2.53. The number of nitrogens with one attached hydrogen (secondary N) is 1. The normalized spacial score (nSPS) is 10.9. The highest BCUT2D eigenvalue weighted by molar-refractivity contribution is 7.89. The number of hydrogen-bond donors (Lipinski definition) is 1. The summed E-state index contributed by atoms with van der Waals surface area (Å²) in [6.07, 6.45) is 2.88. The van der Waals surface area contributed by atoms with Crippen molar-refractivity contribution in [2.24, 2.45) is 0 Å². The van der Waals surface area contributed by atoms with Crippen LogP contribution in [0.25, 0.3) is 0 Å². The Kier molecular flexibility index (Phi) is 4.47. The van der Waals surface area contributed by atoms with Crippen LogP contribution in [0, 0.1) is 11.3 Å². The van der Waals surface area contributed by atoms with Gasteiger partial charge in [-0.1, -0.05) is 6.07 Å². The van der Waals surface area contributed by atoms with Gasteiger partial charge in [-0.3, -0.25) is 0 Å². The Bertz CT molecular complexity index is 767. The van der Waals surface area contributed by atoms with Crippen LogP contribution in [0.15, 0.2) is 41.6 Å². The lowest BCUT2D eigenvalue weighted by Crippen LogP contribution is -2.24. The molecule has 0 aliphatic rings. The summed E-state index contributed by atoms with van der Waals surface area (Å²) in [7, 11) is -2.31. The van der Waals surface area contributed by atoms with E-state index in [1.165, 1.54) is 31.6 Å². The van der Waals surface area contributed by atoms with Crippen LogP contribution in [-0.2, 0) is 16.6 Å². The number of nitriles is 1. The van der Waals surface area contributed by atoms with Gasteiger partial charge in [0.2, 0.25) is 15.9 Å². The number of nitrogens with zero attached hydrogens (tertiary/aromatic N) is 3. The second-order valence-corrected chi connectivity index (χ2v) is 5.73. The first kappa shape index (κ1) is 14.9.